The normalized spacial score (nSPS) is 24.1. The van der Waals surface area contributed by atoms with E-state index in [1.54, 1.807) is 0 Å². The lowest BCUT2D eigenvalue weighted by atomic mass is 9.79. The van der Waals surface area contributed by atoms with Crippen LogP contribution in [0.2, 0.25) is 0 Å². The van der Waals surface area contributed by atoms with Crippen molar-refractivity contribution >= 4 is 11.9 Å². The first kappa shape index (κ1) is 17.0. The first-order chi connectivity index (χ1) is 9.60. The Kier molecular flexibility index (Phi) is 7.63. The summed E-state index contributed by atoms with van der Waals surface area (Å²) in [6.45, 7) is 4.70. The standard InChI is InChI=1S/C16H28O4/c1-3-5-8-12(4-2)11-20-16(19)14-10-7-6-9-13(14)15(17)18/h12-14H,3-11H2,1-2H3,(H,17,18). The average molecular weight is 284 g/mol. The van der Waals surface area contributed by atoms with Crippen LogP contribution >= 0.6 is 0 Å². The summed E-state index contributed by atoms with van der Waals surface area (Å²) in [5, 5.41) is 9.19. The number of esters is 1. The van der Waals surface area contributed by atoms with Gasteiger partial charge in [0.2, 0.25) is 0 Å². The molecule has 1 fully saturated rings. The topological polar surface area (TPSA) is 63.6 Å². The highest BCUT2D eigenvalue weighted by atomic mass is 16.5. The minimum Gasteiger partial charge on any atom is -0.481 e. The van der Waals surface area contributed by atoms with E-state index in [9.17, 15) is 14.7 Å². The maximum atomic E-state index is 12.1. The molecule has 1 aliphatic carbocycles. The summed E-state index contributed by atoms with van der Waals surface area (Å²) >= 11 is 0. The van der Waals surface area contributed by atoms with Crippen molar-refractivity contribution in [3.05, 3.63) is 0 Å². The average Bonchev–Trinajstić information content (AvgIpc) is 2.47. The van der Waals surface area contributed by atoms with E-state index >= 15 is 0 Å². The fourth-order valence-electron chi connectivity index (χ4n) is 2.91. The number of aliphatic carboxylic acids is 1. The Morgan fingerprint density at radius 3 is 2.40 bits per heavy atom. The molecule has 0 bridgehead atoms. The molecule has 1 N–H and O–H groups in total. The molecule has 0 aromatic rings. The van der Waals surface area contributed by atoms with E-state index in [0.29, 0.717) is 25.4 Å². The molecule has 0 spiro atoms. The Morgan fingerprint density at radius 2 is 1.85 bits per heavy atom. The van der Waals surface area contributed by atoms with Gasteiger partial charge in [0.1, 0.15) is 0 Å². The van der Waals surface area contributed by atoms with Crippen LogP contribution in [0.15, 0.2) is 0 Å². The number of ether oxygens (including phenoxy) is 1. The summed E-state index contributed by atoms with van der Waals surface area (Å²) in [5.74, 6) is -1.74. The summed E-state index contributed by atoms with van der Waals surface area (Å²) in [6, 6.07) is 0. The molecule has 0 saturated heterocycles. The van der Waals surface area contributed by atoms with Crippen molar-refractivity contribution in [2.24, 2.45) is 17.8 Å². The zero-order chi connectivity index (χ0) is 15.0. The molecule has 20 heavy (non-hydrogen) atoms. The van der Waals surface area contributed by atoms with Crippen LogP contribution in [0.1, 0.15) is 65.2 Å². The van der Waals surface area contributed by atoms with Crippen LogP contribution in [-0.2, 0) is 14.3 Å². The SMILES string of the molecule is CCCCC(CC)COC(=O)C1CCCCC1C(=O)O. The van der Waals surface area contributed by atoms with E-state index in [2.05, 4.69) is 13.8 Å². The van der Waals surface area contributed by atoms with Crippen LogP contribution < -0.4 is 0 Å². The second kappa shape index (κ2) is 8.98. The van der Waals surface area contributed by atoms with Gasteiger partial charge in [-0.2, -0.15) is 0 Å². The molecule has 0 aliphatic heterocycles. The van der Waals surface area contributed by atoms with Gasteiger partial charge in [0, 0.05) is 0 Å². The van der Waals surface area contributed by atoms with Crippen molar-refractivity contribution in [1.82, 2.24) is 0 Å². The summed E-state index contributed by atoms with van der Waals surface area (Å²) < 4.78 is 5.41. The third kappa shape index (κ3) is 5.14. The Morgan fingerprint density at radius 1 is 1.20 bits per heavy atom. The molecule has 0 radical (unpaired) electrons. The van der Waals surface area contributed by atoms with Crippen LogP contribution in [-0.4, -0.2) is 23.7 Å². The van der Waals surface area contributed by atoms with Gasteiger partial charge in [-0.25, -0.2) is 0 Å². The second-order valence-corrected chi connectivity index (χ2v) is 5.88. The Hall–Kier alpha value is -1.06. The highest BCUT2D eigenvalue weighted by Gasteiger charge is 2.36. The molecule has 3 unspecified atom stereocenters. The first-order valence-corrected chi connectivity index (χ1v) is 7.99. The number of carboxylic acid groups (broad SMARTS) is 1. The molecule has 1 rings (SSSR count). The van der Waals surface area contributed by atoms with Crippen LogP contribution in [0, 0.1) is 17.8 Å². The van der Waals surface area contributed by atoms with Gasteiger partial charge in [0.15, 0.2) is 0 Å². The van der Waals surface area contributed by atoms with Crippen LogP contribution in [0.4, 0.5) is 0 Å². The number of hydrogen-bond acceptors (Lipinski definition) is 3. The summed E-state index contributed by atoms with van der Waals surface area (Å²) in [7, 11) is 0. The maximum Gasteiger partial charge on any atom is 0.309 e. The lowest BCUT2D eigenvalue weighted by Crippen LogP contribution is -2.34. The van der Waals surface area contributed by atoms with Gasteiger partial charge in [-0.3, -0.25) is 9.59 Å². The first-order valence-electron chi connectivity index (χ1n) is 7.99. The summed E-state index contributed by atoms with van der Waals surface area (Å²) in [6.07, 6.45) is 7.45. The van der Waals surface area contributed by atoms with Crippen molar-refractivity contribution in [3.63, 3.8) is 0 Å². The van der Waals surface area contributed by atoms with Crippen LogP contribution in [0.3, 0.4) is 0 Å². The molecule has 0 heterocycles. The Bertz CT molecular complexity index is 314. The van der Waals surface area contributed by atoms with E-state index in [0.717, 1.165) is 38.5 Å². The number of rotatable bonds is 8. The minimum atomic E-state index is -0.857. The molecular weight excluding hydrogens is 256 g/mol. The summed E-state index contributed by atoms with van der Waals surface area (Å²) in [4.78, 5) is 23.3. The van der Waals surface area contributed by atoms with Gasteiger partial charge in [0.25, 0.3) is 0 Å². The van der Waals surface area contributed by atoms with Gasteiger partial charge in [-0.05, 0) is 25.2 Å². The maximum absolute atomic E-state index is 12.1. The molecule has 3 atom stereocenters. The fourth-order valence-corrected chi connectivity index (χ4v) is 2.91. The molecule has 4 nitrogen and oxygen atoms in total. The van der Waals surface area contributed by atoms with Gasteiger partial charge in [0.05, 0.1) is 18.4 Å². The van der Waals surface area contributed by atoms with Gasteiger partial charge in [-0.15, -0.1) is 0 Å². The lowest BCUT2D eigenvalue weighted by Gasteiger charge is -2.27. The molecule has 1 aliphatic rings. The van der Waals surface area contributed by atoms with E-state index in [-0.39, 0.29) is 5.97 Å². The molecule has 4 heteroatoms. The molecular formula is C16H28O4. The Balaban J connectivity index is 2.45. The number of hydrogen-bond donors (Lipinski definition) is 1. The fraction of sp³-hybridized carbons (Fsp3) is 0.875. The smallest absolute Gasteiger partial charge is 0.309 e. The van der Waals surface area contributed by atoms with E-state index in [1.807, 2.05) is 0 Å². The molecule has 0 amide bonds. The molecule has 0 aromatic carbocycles. The van der Waals surface area contributed by atoms with Crippen molar-refractivity contribution in [2.45, 2.75) is 65.2 Å². The van der Waals surface area contributed by atoms with Crippen molar-refractivity contribution in [1.29, 1.82) is 0 Å². The van der Waals surface area contributed by atoms with E-state index in [1.165, 1.54) is 0 Å². The van der Waals surface area contributed by atoms with Crippen molar-refractivity contribution in [3.8, 4) is 0 Å². The van der Waals surface area contributed by atoms with E-state index in [4.69, 9.17) is 4.74 Å². The summed E-state index contributed by atoms with van der Waals surface area (Å²) in [5.41, 5.74) is 0. The van der Waals surface area contributed by atoms with Crippen molar-refractivity contribution < 1.29 is 19.4 Å². The monoisotopic (exact) mass is 284 g/mol. The van der Waals surface area contributed by atoms with Crippen LogP contribution in [0.25, 0.3) is 0 Å². The van der Waals surface area contributed by atoms with Crippen molar-refractivity contribution in [2.75, 3.05) is 6.61 Å². The number of carbonyl (C=O) groups is 2. The molecule has 0 aromatic heterocycles. The molecule has 1 saturated carbocycles. The van der Waals surface area contributed by atoms with Gasteiger partial charge in [-0.1, -0.05) is 46.0 Å². The predicted octanol–water partition coefficient (Wildman–Crippen LogP) is 3.64. The quantitative estimate of drug-likeness (QED) is 0.691. The number of unbranched alkanes of at least 4 members (excludes halogenated alkanes) is 1. The van der Waals surface area contributed by atoms with Crippen LogP contribution in [0.5, 0.6) is 0 Å². The lowest BCUT2D eigenvalue weighted by molar-refractivity contribution is -0.160. The highest BCUT2D eigenvalue weighted by molar-refractivity contribution is 5.81. The zero-order valence-corrected chi connectivity index (χ0v) is 12.8. The minimum absolute atomic E-state index is 0.299. The largest absolute Gasteiger partial charge is 0.481 e. The van der Waals surface area contributed by atoms with E-state index < -0.39 is 17.8 Å². The second-order valence-electron chi connectivity index (χ2n) is 5.88. The zero-order valence-electron chi connectivity index (χ0n) is 12.8. The number of carbonyl (C=O) groups excluding carboxylic acids is 1. The third-order valence-corrected chi connectivity index (χ3v) is 4.39. The van der Waals surface area contributed by atoms with Gasteiger partial charge < -0.3 is 9.84 Å². The predicted molar refractivity (Wildman–Crippen MR) is 77.3 cm³/mol. The van der Waals surface area contributed by atoms with Gasteiger partial charge >= 0.3 is 11.9 Å². The molecule has 116 valence electrons. The number of carboxylic acids is 1. The highest BCUT2D eigenvalue weighted by Crippen LogP contribution is 2.31. The third-order valence-electron chi connectivity index (χ3n) is 4.39. The Labute approximate surface area is 121 Å².